The molecule has 57 heavy (non-hydrogen) atoms. The van der Waals surface area contributed by atoms with E-state index in [1.807, 2.05) is 56.3 Å². The molecule has 2 heterocycles. The lowest BCUT2D eigenvalue weighted by atomic mass is 9.95. The van der Waals surface area contributed by atoms with Crippen LogP contribution in [-0.2, 0) is 30.0 Å². The summed E-state index contributed by atoms with van der Waals surface area (Å²) >= 11 is 2.28. The largest absolute Gasteiger partial charge is 0.479 e. The first-order chi connectivity index (χ1) is 27.9. The van der Waals surface area contributed by atoms with Crippen LogP contribution in [0.4, 0.5) is 0 Å². The highest BCUT2D eigenvalue weighted by atomic mass is 127. The topological polar surface area (TPSA) is 117 Å². The summed E-state index contributed by atoms with van der Waals surface area (Å²) in [5, 5.41) is 14.2. The number of benzene rings is 5. The lowest BCUT2D eigenvalue weighted by Crippen LogP contribution is -2.34. The molecule has 0 amide bonds. The first kappa shape index (κ1) is 40.3. The Kier molecular flexibility index (Phi) is 13.8. The van der Waals surface area contributed by atoms with Crippen molar-refractivity contribution in [2.45, 2.75) is 75.3 Å². The van der Waals surface area contributed by atoms with Crippen LogP contribution in [0.1, 0.15) is 56.2 Å². The van der Waals surface area contributed by atoms with Crippen LogP contribution in [0.25, 0.3) is 55.6 Å². The van der Waals surface area contributed by atoms with E-state index in [0.29, 0.717) is 31.4 Å². The van der Waals surface area contributed by atoms with Crippen LogP contribution in [0, 0.1) is 6.92 Å². The molecule has 7 aromatic rings. The highest BCUT2D eigenvalue weighted by Crippen LogP contribution is 2.35. The third kappa shape index (κ3) is 10.4. The number of carboxylic acids is 1. The number of hydrogen-bond donors (Lipinski definition) is 1. The lowest BCUT2D eigenvalue weighted by Gasteiger charge is -2.29. The number of rotatable bonds is 14. The van der Waals surface area contributed by atoms with Gasteiger partial charge in [0, 0.05) is 22.2 Å². The molecular weight excluding hydrogens is 831 g/mol. The molecule has 294 valence electrons. The molecule has 0 bridgehead atoms. The zero-order valence-corrected chi connectivity index (χ0v) is 34.4. The second-order valence-electron chi connectivity index (χ2n) is 14.2. The molecular formula is C47H47IN2O7. The normalized spacial score (nSPS) is 16.0. The van der Waals surface area contributed by atoms with Crippen LogP contribution >= 0.6 is 22.6 Å². The molecule has 0 radical (unpaired) electrons. The average molecular weight is 879 g/mol. The summed E-state index contributed by atoms with van der Waals surface area (Å²) in [5.41, 5.74) is 5.91. The van der Waals surface area contributed by atoms with Crippen molar-refractivity contribution in [2.75, 3.05) is 13.2 Å². The molecule has 0 aliphatic heterocycles. The van der Waals surface area contributed by atoms with Gasteiger partial charge in [0.25, 0.3) is 0 Å². The minimum Gasteiger partial charge on any atom is -0.479 e. The van der Waals surface area contributed by atoms with Crippen molar-refractivity contribution in [3.63, 3.8) is 0 Å². The minimum atomic E-state index is -0.989. The molecule has 1 saturated carbocycles. The molecule has 0 saturated heterocycles. The number of alkyl halides is 1. The standard InChI is InChI=1S/C33H37NO6.C14H10INO/c1-3-17-37-31(33(35)36)21-39-27-12-8-11-26(19-27)38-20-30-22(2)40-32(34-30)29-14-7-6-13-28(29)25-16-15-23-9-4-5-10-24(23)18-25;15-8-13-9-17-14(16-13)12-6-5-10-3-1-2-4-11(10)7-12/h4-7,9-10,13-16,18,26-27,31H,3,8,11-12,17,19-21H2,1-2H3,(H,35,36);1-7,9H,8H2/t26-,27+,31?;/m0./s1. The Morgan fingerprint density at radius 3 is 2.11 bits per heavy atom. The molecule has 1 fully saturated rings. The molecule has 9 nitrogen and oxygen atoms in total. The number of fused-ring (bicyclic) bond motifs is 2. The smallest absolute Gasteiger partial charge is 0.335 e. The second kappa shape index (κ2) is 19.5. The Morgan fingerprint density at radius 2 is 1.44 bits per heavy atom. The molecule has 5 aromatic carbocycles. The van der Waals surface area contributed by atoms with Crippen LogP contribution in [-0.4, -0.2) is 52.6 Å². The number of carboxylic acid groups (broad SMARTS) is 1. The summed E-state index contributed by atoms with van der Waals surface area (Å²) in [5.74, 6) is 1.03. The number of aromatic nitrogens is 2. The fourth-order valence-corrected chi connectivity index (χ4v) is 7.40. The highest BCUT2D eigenvalue weighted by Gasteiger charge is 2.27. The van der Waals surface area contributed by atoms with Gasteiger partial charge in [0.15, 0.2) is 6.10 Å². The molecule has 1 unspecified atom stereocenters. The Labute approximate surface area is 346 Å². The van der Waals surface area contributed by atoms with E-state index in [4.69, 9.17) is 28.0 Å². The number of nitrogens with zero attached hydrogens (tertiary/aromatic N) is 2. The van der Waals surface area contributed by atoms with Crippen molar-refractivity contribution in [1.29, 1.82) is 0 Å². The maximum atomic E-state index is 11.4. The Hall–Kier alpha value is -4.88. The molecule has 1 aliphatic rings. The number of ether oxygens (including phenoxy) is 3. The molecule has 8 rings (SSSR count). The lowest BCUT2D eigenvalue weighted by molar-refractivity contribution is -0.157. The van der Waals surface area contributed by atoms with Gasteiger partial charge in [-0.25, -0.2) is 14.8 Å². The van der Waals surface area contributed by atoms with Crippen LogP contribution in [0.15, 0.2) is 124 Å². The monoisotopic (exact) mass is 878 g/mol. The summed E-state index contributed by atoms with van der Waals surface area (Å²) in [6.07, 6.45) is 5.02. The number of aliphatic carboxylic acids is 1. The highest BCUT2D eigenvalue weighted by molar-refractivity contribution is 14.1. The third-order valence-electron chi connectivity index (χ3n) is 10.1. The summed E-state index contributed by atoms with van der Waals surface area (Å²) in [4.78, 5) is 20.7. The van der Waals surface area contributed by atoms with Gasteiger partial charge in [-0.15, -0.1) is 0 Å². The fourth-order valence-electron chi connectivity index (χ4n) is 7.05. The number of oxazole rings is 2. The van der Waals surface area contributed by atoms with E-state index in [1.165, 1.54) is 21.5 Å². The van der Waals surface area contributed by atoms with Gasteiger partial charge in [-0.05, 0) is 96.0 Å². The van der Waals surface area contributed by atoms with Crippen LogP contribution in [0.2, 0.25) is 0 Å². The van der Waals surface area contributed by atoms with Gasteiger partial charge >= 0.3 is 5.97 Å². The van der Waals surface area contributed by atoms with Crippen LogP contribution in [0.5, 0.6) is 0 Å². The van der Waals surface area contributed by atoms with Crippen LogP contribution in [0.3, 0.4) is 0 Å². The van der Waals surface area contributed by atoms with Crippen molar-refractivity contribution in [2.24, 2.45) is 0 Å². The zero-order chi connectivity index (χ0) is 39.6. The van der Waals surface area contributed by atoms with Crippen LogP contribution < -0.4 is 0 Å². The van der Waals surface area contributed by atoms with Gasteiger partial charge in [-0.3, -0.25) is 0 Å². The molecule has 10 heteroatoms. The first-order valence-corrected chi connectivity index (χ1v) is 21.0. The summed E-state index contributed by atoms with van der Waals surface area (Å²) in [7, 11) is 0. The maximum Gasteiger partial charge on any atom is 0.335 e. The van der Waals surface area contributed by atoms with E-state index in [-0.39, 0.29) is 18.8 Å². The Balaban J connectivity index is 0.000000241. The van der Waals surface area contributed by atoms with Gasteiger partial charge in [0.2, 0.25) is 11.8 Å². The Bertz CT molecular complexity index is 2400. The number of aryl methyl sites for hydroxylation is 1. The fraction of sp³-hybridized carbons (Fsp3) is 0.298. The van der Waals surface area contributed by atoms with E-state index >= 15 is 0 Å². The van der Waals surface area contributed by atoms with Crippen molar-refractivity contribution in [3.8, 4) is 34.0 Å². The van der Waals surface area contributed by atoms with Crippen molar-refractivity contribution < 1.29 is 32.9 Å². The molecule has 1 N–H and O–H groups in total. The third-order valence-corrected chi connectivity index (χ3v) is 10.9. The summed E-state index contributed by atoms with van der Waals surface area (Å²) < 4.78 is 30.1. The molecule has 2 aromatic heterocycles. The summed E-state index contributed by atoms with van der Waals surface area (Å²) in [6, 6.07) is 37.5. The molecule has 3 atom stereocenters. The SMILES string of the molecule is CCCOC(CO[C@@H]1CCC[C@H](OCc2nc(-c3ccccc3-c3ccc4ccccc4c3)oc2C)C1)C(=O)O.ICc1coc(-c2ccc3ccccc3c2)n1. The average Bonchev–Trinajstić information content (AvgIpc) is 3.89. The van der Waals surface area contributed by atoms with E-state index in [1.54, 1.807) is 6.26 Å². The predicted molar refractivity (Wildman–Crippen MR) is 231 cm³/mol. The minimum absolute atomic E-state index is 0.0167. The molecule has 1 aliphatic carbocycles. The van der Waals surface area contributed by atoms with Gasteiger partial charge in [0.05, 0.1) is 31.1 Å². The van der Waals surface area contributed by atoms with Gasteiger partial charge in [-0.1, -0.05) is 114 Å². The number of halogens is 1. The van der Waals surface area contributed by atoms with E-state index in [9.17, 15) is 9.90 Å². The molecule has 0 spiro atoms. The summed E-state index contributed by atoms with van der Waals surface area (Å²) in [6.45, 7) is 4.68. The second-order valence-corrected chi connectivity index (χ2v) is 15.0. The van der Waals surface area contributed by atoms with Gasteiger partial charge in [-0.2, -0.15) is 0 Å². The zero-order valence-electron chi connectivity index (χ0n) is 32.2. The maximum absolute atomic E-state index is 11.4. The van der Waals surface area contributed by atoms with Crippen molar-refractivity contribution >= 4 is 50.1 Å². The van der Waals surface area contributed by atoms with E-state index in [2.05, 4.69) is 94.3 Å². The predicted octanol–water partition coefficient (Wildman–Crippen LogP) is 11.6. The Morgan fingerprint density at radius 1 is 0.807 bits per heavy atom. The number of carbonyl (C=O) groups is 1. The van der Waals surface area contributed by atoms with E-state index < -0.39 is 12.1 Å². The van der Waals surface area contributed by atoms with E-state index in [0.717, 1.165) is 69.5 Å². The van der Waals surface area contributed by atoms with Gasteiger partial charge < -0.3 is 28.2 Å². The van der Waals surface area contributed by atoms with Gasteiger partial charge in [0.1, 0.15) is 17.7 Å². The number of hydrogen-bond acceptors (Lipinski definition) is 8. The van der Waals surface area contributed by atoms with Crippen molar-refractivity contribution in [1.82, 2.24) is 9.97 Å². The quantitative estimate of drug-likeness (QED) is 0.0841. The first-order valence-electron chi connectivity index (χ1n) is 19.5. The van der Waals surface area contributed by atoms with Crippen molar-refractivity contribution in [3.05, 3.63) is 133 Å².